The summed E-state index contributed by atoms with van der Waals surface area (Å²) in [7, 11) is 0. The van der Waals surface area contributed by atoms with Crippen LogP contribution in [0.4, 0.5) is 0 Å². The molecule has 0 fully saturated rings. The van der Waals surface area contributed by atoms with E-state index in [1.807, 2.05) is 0 Å². The van der Waals surface area contributed by atoms with Gasteiger partial charge < -0.3 is 28.8 Å². The van der Waals surface area contributed by atoms with E-state index >= 15 is 0 Å². The third-order valence-corrected chi connectivity index (χ3v) is 3.31. The molecular weight excluding hydrogens is 510 g/mol. The van der Waals surface area contributed by atoms with E-state index in [0.29, 0.717) is 31.9 Å². The Balaban J connectivity index is -0.000000407. The normalized spacial score (nSPS) is 8.77. The van der Waals surface area contributed by atoms with Gasteiger partial charge in [0.25, 0.3) is 0 Å². The number of halogens is 5. The van der Waals surface area contributed by atoms with Gasteiger partial charge in [0.2, 0.25) is 11.9 Å². The molecule has 0 aromatic heterocycles. The fourth-order valence-corrected chi connectivity index (χ4v) is 2.54. The number of aldehydes is 1. The molecule has 0 bridgehead atoms. The van der Waals surface area contributed by atoms with E-state index in [2.05, 4.69) is 21.1 Å². The molecular formula is C17H23Cl5N8O. The highest BCUT2D eigenvalue weighted by molar-refractivity contribution is 6.35. The SMILES string of the molecule is C.Cl.NC(N)=N/N=C/c1cc(Cl)cc(Cl)c1.NN=C(N)N.O=Cc1cc(Cl)cc(Cl)c1. The highest BCUT2D eigenvalue weighted by atomic mass is 35.5. The van der Waals surface area contributed by atoms with Gasteiger partial charge in [0.1, 0.15) is 6.29 Å². The van der Waals surface area contributed by atoms with E-state index in [0.717, 1.165) is 5.56 Å². The van der Waals surface area contributed by atoms with E-state index in [1.165, 1.54) is 6.21 Å². The lowest BCUT2D eigenvalue weighted by atomic mass is 10.2. The summed E-state index contributed by atoms with van der Waals surface area (Å²) in [5.74, 6) is 4.31. The maximum absolute atomic E-state index is 10.2. The standard InChI is InChI=1S/C8H8Cl2N4.C7H4Cl2O.CH6N4.CH4.ClH/c9-6-1-5(2-7(10)3-6)4-13-14-8(11)12;8-6-1-5(4-10)2-7(9)3-6;2-1(3)5-4;;/h1-4H,(H4,11,12,14);1-4H;4H2,(H4,2,3,5);1H4;1H/b13-4+;;;;. The number of nitrogens with two attached hydrogens (primary N) is 5. The van der Waals surface area contributed by atoms with Crippen LogP contribution in [-0.4, -0.2) is 24.4 Å². The summed E-state index contributed by atoms with van der Waals surface area (Å²) in [6, 6.07) is 9.70. The number of guanidine groups is 2. The molecule has 0 heterocycles. The number of carbonyl (C=O) groups excluding carboxylic acids is 1. The van der Waals surface area contributed by atoms with Gasteiger partial charge in [-0.3, -0.25) is 4.79 Å². The summed E-state index contributed by atoms with van der Waals surface area (Å²) in [5.41, 5.74) is 20.8. The summed E-state index contributed by atoms with van der Waals surface area (Å²) in [6.45, 7) is 0. The zero-order valence-corrected chi connectivity index (χ0v) is 19.0. The first-order valence-corrected chi connectivity index (χ1v) is 8.86. The Morgan fingerprint density at radius 2 is 1.10 bits per heavy atom. The minimum absolute atomic E-state index is 0. The second kappa shape index (κ2) is 18.3. The van der Waals surface area contributed by atoms with Crippen molar-refractivity contribution in [1.82, 2.24) is 0 Å². The fraction of sp³-hybridized carbons (Fsp3) is 0.0588. The van der Waals surface area contributed by atoms with Crippen molar-refractivity contribution < 1.29 is 4.79 Å². The molecule has 9 nitrogen and oxygen atoms in total. The number of hydrogen-bond acceptors (Lipinski definition) is 5. The van der Waals surface area contributed by atoms with E-state index < -0.39 is 0 Å². The molecule has 0 aliphatic heterocycles. The third kappa shape index (κ3) is 18.1. The summed E-state index contributed by atoms with van der Waals surface area (Å²) < 4.78 is 0. The van der Waals surface area contributed by atoms with Gasteiger partial charge in [-0.05, 0) is 42.0 Å². The molecule has 0 radical (unpaired) electrons. The first kappa shape index (κ1) is 33.2. The smallest absolute Gasteiger partial charge is 0.211 e. The van der Waals surface area contributed by atoms with E-state index in [4.69, 9.17) is 69.3 Å². The predicted octanol–water partition coefficient (Wildman–Crippen LogP) is 3.60. The van der Waals surface area contributed by atoms with Gasteiger partial charge in [0.05, 0.1) is 6.21 Å². The van der Waals surface area contributed by atoms with Gasteiger partial charge in [-0.1, -0.05) is 53.8 Å². The number of benzene rings is 2. The van der Waals surface area contributed by atoms with E-state index in [9.17, 15) is 4.79 Å². The Morgan fingerprint density at radius 3 is 1.39 bits per heavy atom. The molecule has 0 unspecified atom stereocenters. The van der Waals surface area contributed by atoms with E-state index in [-0.39, 0.29) is 31.8 Å². The first-order chi connectivity index (χ1) is 13.6. The van der Waals surface area contributed by atoms with Crippen LogP contribution in [0.1, 0.15) is 23.3 Å². The highest BCUT2D eigenvalue weighted by Crippen LogP contribution is 2.18. The van der Waals surface area contributed by atoms with Gasteiger partial charge in [-0.15, -0.1) is 22.6 Å². The van der Waals surface area contributed by atoms with Gasteiger partial charge in [-0.25, -0.2) is 0 Å². The van der Waals surface area contributed by atoms with Crippen LogP contribution in [0, 0.1) is 0 Å². The number of carbonyl (C=O) groups is 1. The summed E-state index contributed by atoms with van der Waals surface area (Å²) in [5, 5.41) is 11.9. The molecule has 0 spiro atoms. The van der Waals surface area contributed by atoms with Crippen LogP contribution in [0.5, 0.6) is 0 Å². The van der Waals surface area contributed by atoms with Crippen LogP contribution in [-0.2, 0) is 0 Å². The number of nitrogens with zero attached hydrogens (tertiary/aromatic N) is 3. The molecule has 0 aliphatic carbocycles. The Labute approximate surface area is 206 Å². The molecule has 0 aliphatic rings. The molecule has 2 rings (SSSR count). The molecule has 0 saturated carbocycles. The van der Waals surface area contributed by atoms with Gasteiger partial charge in [-0.2, -0.15) is 5.10 Å². The third-order valence-electron chi connectivity index (χ3n) is 2.43. The summed E-state index contributed by atoms with van der Waals surface area (Å²) >= 11 is 22.7. The van der Waals surface area contributed by atoms with Gasteiger partial charge in [0, 0.05) is 25.7 Å². The largest absolute Gasteiger partial charge is 0.369 e. The minimum Gasteiger partial charge on any atom is -0.369 e. The number of hydrazone groups is 1. The fourth-order valence-electron chi connectivity index (χ4n) is 1.46. The van der Waals surface area contributed by atoms with Crippen molar-refractivity contribution in [3.05, 3.63) is 67.6 Å². The lowest BCUT2D eigenvalue weighted by molar-refractivity contribution is 0.112. The molecule has 0 amide bonds. The zero-order valence-electron chi connectivity index (χ0n) is 15.2. The van der Waals surface area contributed by atoms with Crippen LogP contribution in [0.25, 0.3) is 0 Å². The average Bonchev–Trinajstić information content (AvgIpc) is 2.60. The molecule has 2 aromatic carbocycles. The molecule has 0 atom stereocenters. The molecule has 2 aromatic rings. The van der Waals surface area contributed by atoms with Gasteiger partial charge >= 0.3 is 0 Å². The maximum Gasteiger partial charge on any atom is 0.211 e. The van der Waals surface area contributed by atoms with Crippen LogP contribution < -0.4 is 28.8 Å². The van der Waals surface area contributed by atoms with Crippen LogP contribution >= 0.6 is 58.8 Å². The first-order valence-electron chi connectivity index (χ1n) is 7.35. The van der Waals surface area contributed by atoms with Gasteiger partial charge in [0.15, 0.2) is 0 Å². The Bertz CT molecular complexity index is 858. The number of hydrogen-bond donors (Lipinski definition) is 5. The van der Waals surface area contributed by atoms with Crippen molar-refractivity contribution >= 4 is 83.2 Å². The Kier molecular flexibility index (Phi) is 19.7. The topological polar surface area (TPSA) is 184 Å². The minimum atomic E-state index is -0.102. The molecule has 0 saturated heterocycles. The van der Waals surface area contributed by atoms with E-state index in [1.54, 1.807) is 36.4 Å². The zero-order chi connectivity index (χ0) is 22.4. The summed E-state index contributed by atoms with van der Waals surface area (Å²) in [4.78, 5) is 10.2. The van der Waals surface area contributed by atoms with Crippen molar-refractivity contribution in [2.45, 2.75) is 7.43 Å². The van der Waals surface area contributed by atoms with Crippen molar-refractivity contribution in [1.29, 1.82) is 0 Å². The average molecular weight is 533 g/mol. The predicted molar refractivity (Wildman–Crippen MR) is 136 cm³/mol. The van der Waals surface area contributed by atoms with Crippen LogP contribution in [0.3, 0.4) is 0 Å². The number of rotatable bonds is 3. The highest BCUT2D eigenvalue weighted by Gasteiger charge is 1.95. The summed E-state index contributed by atoms with van der Waals surface area (Å²) in [6.07, 6.45) is 2.16. The monoisotopic (exact) mass is 530 g/mol. The van der Waals surface area contributed by atoms with Crippen molar-refractivity contribution in [3.8, 4) is 0 Å². The lowest BCUT2D eigenvalue weighted by Crippen LogP contribution is -2.23. The second-order valence-corrected chi connectivity index (χ2v) is 6.59. The van der Waals surface area contributed by atoms with Crippen molar-refractivity contribution in [3.63, 3.8) is 0 Å². The van der Waals surface area contributed by atoms with Crippen molar-refractivity contribution in [2.24, 2.45) is 44.1 Å². The van der Waals surface area contributed by atoms with Crippen LogP contribution in [0.2, 0.25) is 20.1 Å². The maximum atomic E-state index is 10.2. The Morgan fingerprint density at radius 1 is 0.742 bits per heavy atom. The second-order valence-electron chi connectivity index (χ2n) is 4.85. The Hall–Kier alpha value is -2.43. The lowest BCUT2D eigenvalue weighted by Gasteiger charge is -1.95. The molecule has 10 N–H and O–H groups in total. The quantitative estimate of drug-likeness (QED) is 0.132. The van der Waals surface area contributed by atoms with Crippen molar-refractivity contribution in [2.75, 3.05) is 0 Å². The molecule has 14 heteroatoms. The molecule has 31 heavy (non-hydrogen) atoms. The van der Waals surface area contributed by atoms with Crippen LogP contribution in [0.15, 0.2) is 51.7 Å². The molecule has 172 valence electrons.